The maximum absolute atomic E-state index is 12.6. The summed E-state index contributed by atoms with van der Waals surface area (Å²) in [7, 11) is -2.04. The molecule has 1 N–H and O–H groups in total. The number of hydrogen-bond acceptors (Lipinski definition) is 3. The molecule has 108 valence electrons. The van der Waals surface area contributed by atoms with Crippen molar-refractivity contribution in [2.45, 2.75) is 44.7 Å². The summed E-state index contributed by atoms with van der Waals surface area (Å²) in [5, 5.41) is 9.57. The molecule has 0 aromatic heterocycles. The summed E-state index contributed by atoms with van der Waals surface area (Å²) in [4.78, 5) is 0.159. The van der Waals surface area contributed by atoms with Crippen LogP contribution in [0.25, 0.3) is 0 Å². The van der Waals surface area contributed by atoms with Gasteiger partial charge >= 0.3 is 0 Å². The number of aliphatic hydroxyl groups excluding tert-OH is 1. The van der Waals surface area contributed by atoms with Gasteiger partial charge in [0, 0.05) is 18.1 Å². The second-order valence-electron chi connectivity index (χ2n) is 4.62. The van der Waals surface area contributed by atoms with E-state index >= 15 is 0 Å². The monoisotopic (exact) mass is 305 g/mol. The maximum Gasteiger partial charge on any atom is 0.243 e. The van der Waals surface area contributed by atoms with Crippen LogP contribution in [0.5, 0.6) is 0 Å². The number of nitrogens with zero attached hydrogens (tertiary/aromatic N) is 1. The molecule has 0 bridgehead atoms. The summed E-state index contributed by atoms with van der Waals surface area (Å²) in [5.74, 6) is 0. The summed E-state index contributed by atoms with van der Waals surface area (Å²) in [6, 6.07) is 2.92. The largest absolute Gasteiger partial charge is 0.392 e. The Kier molecular flexibility index (Phi) is 5.38. The van der Waals surface area contributed by atoms with Gasteiger partial charge in [0.1, 0.15) is 0 Å². The molecule has 0 aliphatic carbocycles. The van der Waals surface area contributed by atoms with E-state index in [4.69, 9.17) is 11.6 Å². The summed E-state index contributed by atoms with van der Waals surface area (Å²) < 4.78 is 26.5. The molecule has 1 atom stereocenters. The first-order valence-corrected chi connectivity index (χ1v) is 7.95. The van der Waals surface area contributed by atoms with Gasteiger partial charge in [0.15, 0.2) is 0 Å². The van der Waals surface area contributed by atoms with Crippen molar-refractivity contribution in [3.8, 4) is 0 Å². The van der Waals surface area contributed by atoms with Crippen molar-refractivity contribution < 1.29 is 13.5 Å². The van der Waals surface area contributed by atoms with Crippen LogP contribution in [0.4, 0.5) is 0 Å². The first kappa shape index (κ1) is 16.4. The fourth-order valence-electron chi connectivity index (χ4n) is 1.79. The van der Waals surface area contributed by atoms with Crippen molar-refractivity contribution in [3.63, 3.8) is 0 Å². The van der Waals surface area contributed by atoms with E-state index in [2.05, 4.69) is 0 Å². The van der Waals surface area contributed by atoms with Crippen LogP contribution in [-0.2, 0) is 16.6 Å². The van der Waals surface area contributed by atoms with Gasteiger partial charge in [-0.05, 0) is 43.5 Å². The molecule has 4 nitrogen and oxygen atoms in total. The second-order valence-corrected chi connectivity index (χ2v) is 7.03. The highest BCUT2D eigenvalue weighted by molar-refractivity contribution is 7.89. The van der Waals surface area contributed by atoms with Crippen LogP contribution >= 0.6 is 11.6 Å². The van der Waals surface area contributed by atoms with Crippen molar-refractivity contribution in [2.75, 3.05) is 7.05 Å². The van der Waals surface area contributed by atoms with Crippen molar-refractivity contribution in [2.24, 2.45) is 0 Å². The first-order valence-electron chi connectivity index (χ1n) is 6.13. The summed E-state index contributed by atoms with van der Waals surface area (Å²) in [6.45, 7) is 5.23. The summed E-state index contributed by atoms with van der Waals surface area (Å²) >= 11 is 5.93. The molecular weight excluding hydrogens is 286 g/mol. The zero-order chi connectivity index (χ0) is 14.8. The zero-order valence-corrected chi connectivity index (χ0v) is 13.2. The van der Waals surface area contributed by atoms with E-state index in [-0.39, 0.29) is 17.5 Å². The lowest BCUT2D eigenvalue weighted by Gasteiger charge is -2.24. The minimum Gasteiger partial charge on any atom is -0.392 e. The smallest absolute Gasteiger partial charge is 0.243 e. The molecule has 0 aliphatic rings. The van der Waals surface area contributed by atoms with Crippen molar-refractivity contribution in [1.82, 2.24) is 4.31 Å². The maximum atomic E-state index is 12.6. The fourth-order valence-corrected chi connectivity index (χ4v) is 3.82. The van der Waals surface area contributed by atoms with Crippen molar-refractivity contribution in [3.05, 3.63) is 28.3 Å². The topological polar surface area (TPSA) is 57.6 Å². The highest BCUT2D eigenvalue weighted by Crippen LogP contribution is 2.27. The quantitative estimate of drug-likeness (QED) is 0.909. The predicted molar refractivity (Wildman–Crippen MR) is 76.8 cm³/mol. The van der Waals surface area contributed by atoms with E-state index in [9.17, 15) is 13.5 Å². The number of rotatable bonds is 5. The SMILES string of the molecule is CCC(C)N(C)S(=O)(=O)c1cc(Cl)cc(CO)c1C. The standard InChI is InChI=1S/C13H20ClNO3S/c1-5-9(2)15(4)19(17,18)13-7-12(14)6-11(8-16)10(13)3/h6-7,9,16H,5,8H2,1-4H3. The molecule has 0 saturated carbocycles. The van der Waals surface area contributed by atoms with Gasteiger partial charge in [-0.25, -0.2) is 8.42 Å². The van der Waals surface area contributed by atoms with Crippen LogP contribution in [0.3, 0.4) is 0 Å². The van der Waals surface area contributed by atoms with Crippen LogP contribution in [0.1, 0.15) is 31.4 Å². The molecule has 0 heterocycles. The molecule has 1 rings (SSSR count). The molecule has 19 heavy (non-hydrogen) atoms. The lowest BCUT2D eigenvalue weighted by Crippen LogP contribution is -2.35. The molecule has 0 spiro atoms. The van der Waals surface area contributed by atoms with Gasteiger partial charge in [-0.3, -0.25) is 0 Å². The Hall–Kier alpha value is -0.620. The lowest BCUT2D eigenvalue weighted by atomic mass is 10.1. The predicted octanol–water partition coefficient (Wildman–Crippen LogP) is 2.56. The van der Waals surface area contributed by atoms with Gasteiger partial charge in [0.2, 0.25) is 10.0 Å². The molecule has 0 radical (unpaired) electrons. The van der Waals surface area contributed by atoms with Gasteiger partial charge in [-0.15, -0.1) is 0 Å². The van der Waals surface area contributed by atoms with Crippen LogP contribution < -0.4 is 0 Å². The number of benzene rings is 1. The Labute approximate surface area is 120 Å². The van der Waals surface area contributed by atoms with Gasteiger partial charge < -0.3 is 5.11 Å². The normalized spacial score (nSPS) is 13.8. The Balaban J connectivity index is 3.41. The highest BCUT2D eigenvalue weighted by Gasteiger charge is 2.27. The molecule has 6 heteroatoms. The number of aliphatic hydroxyl groups is 1. The third-order valence-electron chi connectivity index (χ3n) is 3.47. The fraction of sp³-hybridized carbons (Fsp3) is 0.538. The number of hydrogen-bond donors (Lipinski definition) is 1. The second kappa shape index (κ2) is 6.22. The summed E-state index contributed by atoms with van der Waals surface area (Å²) in [6.07, 6.45) is 0.724. The van der Waals surface area contributed by atoms with E-state index in [1.807, 2.05) is 13.8 Å². The summed E-state index contributed by atoms with van der Waals surface area (Å²) in [5.41, 5.74) is 1.07. The Morgan fingerprint density at radius 2 is 2.00 bits per heavy atom. The first-order chi connectivity index (χ1) is 8.75. The molecule has 1 aromatic rings. The third kappa shape index (κ3) is 3.28. The van der Waals surface area contributed by atoms with E-state index < -0.39 is 10.0 Å². The average molecular weight is 306 g/mol. The number of sulfonamides is 1. The third-order valence-corrected chi connectivity index (χ3v) is 5.79. The van der Waals surface area contributed by atoms with E-state index in [1.165, 1.54) is 10.4 Å². The van der Waals surface area contributed by atoms with Crippen molar-refractivity contribution in [1.29, 1.82) is 0 Å². The van der Waals surface area contributed by atoms with Crippen LogP contribution in [0, 0.1) is 6.92 Å². The van der Waals surface area contributed by atoms with Gasteiger partial charge in [0.25, 0.3) is 0 Å². The van der Waals surface area contributed by atoms with E-state index in [1.54, 1.807) is 20.0 Å². The van der Waals surface area contributed by atoms with Crippen LogP contribution in [0.2, 0.25) is 5.02 Å². The Morgan fingerprint density at radius 1 is 1.42 bits per heavy atom. The van der Waals surface area contributed by atoms with E-state index in [0.717, 1.165) is 6.42 Å². The molecule has 0 amide bonds. The Morgan fingerprint density at radius 3 is 2.47 bits per heavy atom. The van der Waals surface area contributed by atoms with Gasteiger partial charge in [-0.2, -0.15) is 4.31 Å². The zero-order valence-electron chi connectivity index (χ0n) is 11.6. The minimum atomic E-state index is -3.60. The Bertz CT molecular complexity index is 557. The van der Waals surface area contributed by atoms with Crippen molar-refractivity contribution >= 4 is 21.6 Å². The van der Waals surface area contributed by atoms with Crippen LogP contribution in [0.15, 0.2) is 17.0 Å². The van der Waals surface area contributed by atoms with E-state index in [0.29, 0.717) is 16.1 Å². The van der Waals surface area contributed by atoms with Gasteiger partial charge in [-0.1, -0.05) is 18.5 Å². The van der Waals surface area contributed by atoms with Gasteiger partial charge in [0.05, 0.1) is 11.5 Å². The molecule has 1 aromatic carbocycles. The molecule has 0 fully saturated rings. The highest BCUT2D eigenvalue weighted by atomic mass is 35.5. The molecular formula is C13H20ClNO3S. The molecule has 0 aliphatic heterocycles. The average Bonchev–Trinajstić information content (AvgIpc) is 2.38. The lowest BCUT2D eigenvalue weighted by molar-refractivity contribution is 0.280. The molecule has 1 unspecified atom stereocenters. The van der Waals surface area contributed by atoms with Crippen LogP contribution in [-0.4, -0.2) is 30.9 Å². The molecule has 0 saturated heterocycles. The number of halogens is 1. The minimum absolute atomic E-state index is 0.0963.